The van der Waals surface area contributed by atoms with Crippen molar-refractivity contribution < 1.29 is 29.4 Å². The molecule has 0 bridgehead atoms. The molecule has 2 aromatic rings. The molecule has 0 heterocycles. The van der Waals surface area contributed by atoms with E-state index in [4.69, 9.17) is 11.7 Å². The summed E-state index contributed by atoms with van der Waals surface area (Å²) in [6.45, 7) is 0. The van der Waals surface area contributed by atoms with Crippen LogP contribution < -0.4 is 11.7 Å². The molecule has 34 heavy (non-hydrogen) atoms. The van der Waals surface area contributed by atoms with Gasteiger partial charge in [0.2, 0.25) is 11.8 Å². The maximum absolute atomic E-state index is 12.2. The minimum Gasteiger partial charge on any atom is -0.507 e. The minimum absolute atomic E-state index is 0.0359. The van der Waals surface area contributed by atoms with Gasteiger partial charge in [-0.05, 0) is 37.1 Å². The molecule has 0 aliphatic heterocycles. The number of hydrogen-bond donors (Lipinski definition) is 4. The monoisotopic (exact) mass is 470 g/mol. The Hall–Kier alpha value is -3.76. The standard InChI is InChI=1S/C24H30N4O6/c25-27(23(33)17-11-7-9-13-19(17)29)21(31)15-5-3-1-2-4-6-16-22(32)28(26)24(34)18-12-8-10-14-20(18)30/h7-14,29-30H,1-6,15-16,25-26H2. The Morgan fingerprint density at radius 2 is 0.912 bits per heavy atom. The van der Waals surface area contributed by atoms with Crippen molar-refractivity contribution in [2.24, 2.45) is 11.7 Å². The van der Waals surface area contributed by atoms with Crippen LogP contribution in [0.15, 0.2) is 48.5 Å². The Morgan fingerprint density at radius 1 is 0.588 bits per heavy atom. The lowest BCUT2D eigenvalue weighted by molar-refractivity contribution is -0.129. The third-order valence-corrected chi connectivity index (χ3v) is 5.28. The third-order valence-electron chi connectivity index (χ3n) is 5.28. The summed E-state index contributed by atoms with van der Waals surface area (Å²) in [5.41, 5.74) is -0.0718. The van der Waals surface area contributed by atoms with Crippen LogP contribution in [0.1, 0.15) is 72.1 Å². The molecule has 10 nitrogen and oxygen atoms in total. The maximum atomic E-state index is 12.2. The molecular formula is C24H30N4O6. The first-order chi connectivity index (χ1) is 16.2. The van der Waals surface area contributed by atoms with Gasteiger partial charge in [0, 0.05) is 12.8 Å². The molecule has 0 aliphatic carbocycles. The number of unbranched alkanes of at least 4 members (excludes halogenated alkanes) is 5. The van der Waals surface area contributed by atoms with Crippen molar-refractivity contribution in [3.05, 3.63) is 59.7 Å². The van der Waals surface area contributed by atoms with E-state index in [1.165, 1.54) is 24.3 Å². The summed E-state index contributed by atoms with van der Waals surface area (Å²) in [6, 6.07) is 11.7. The SMILES string of the molecule is NN(C(=O)CCCCCCCCC(=O)N(N)C(=O)c1ccccc1O)C(=O)c1ccccc1O. The fourth-order valence-electron chi connectivity index (χ4n) is 3.30. The van der Waals surface area contributed by atoms with E-state index in [-0.39, 0.29) is 35.5 Å². The zero-order valence-corrected chi connectivity index (χ0v) is 18.9. The van der Waals surface area contributed by atoms with Gasteiger partial charge in [-0.25, -0.2) is 21.7 Å². The summed E-state index contributed by atoms with van der Waals surface area (Å²) in [7, 11) is 0. The number of carbonyl (C=O) groups is 4. The number of amides is 4. The molecule has 6 N–H and O–H groups in total. The second-order valence-corrected chi connectivity index (χ2v) is 7.79. The Morgan fingerprint density at radius 3 is 1.26 bits per heavy atom. The van der Waals surface area contributed by atoms with E-state index in [0.717, 1.165) is 25.7 Å². The number of hydrazine groups is 2. The minimum atomic E-state index is -0.761. The van der Waals surface area contributed by atoms with E-state index in [2.05, 4.69) is 0 Å². The fraction of sp³-hybridized carbons (Fsp3) is 0.333. The van der Waals surface area contributed by atoms with Gasteiger partial charge in [-0.2, -0.15) is 0 Å². The second-order valence-electron chi connectivity index (χ2n) is 7.79. The van der Waals surface area contributed by atoms with Crippen molar-refractivity contribution in [2.75, 3.05) is 0 Å². The highest BCUT2D eigenvalue weighted by molar-refractivity contribution is 6.06. The van der Waals surface area contributed by atoms with Crippen LogP contribution in [0.4, 0.5) is 0 Å². The molecule has 0 fully saturated rings. The number of hydrogen-bond acceptors (Lipinski definition) is 8. The number of nitrogens with two attached hydrogens (primary N) is 2. The van der Waals surface area contributed by atoms with Gasteiger partial charge in [0.25, 0.3) is 11.8 Å². The van der Waals surface area contributed by atoms with Crippen molar-refractivity contribution in [3.63, 3.8) is 0 Å². The van der Waals surface area contributed by atoms with Crippen LogP contribution >= 0.6 is 0 Å². The predicted octanol–water partition coefficient (Wildman–Crippen LogP) is 2.60. The molecular weight excluding hydrogens is 440 g/mol. The average Bonchev–Trinajstić information content (AvgIpc) is 2.84. The van der Waals surface area contributed by atoms with Gasteiger partial charge in [0.05, 0.1) is 11.1 Å². The lowest BCUT2D eigenvalue weighted by Crippen LogP contribution is -2.42. The van der Waals surface area contributed by atoms with Gasteiger partial charge in [-0.1, -0.05) is 49.9 Å². The zero-order chi connectivity index (χ0) is 25.1. The second kappa shape index (κ2) is 13.1. The van der Waals surface area contributed by atoms with Crippen LogP contribution in [0.3, 0.4) is 0 Å². The molecule has 4 amide bonds. The number of phenols is 2. The van der Waals surface area contributed by atoms with Crippen LogP contribution in [-0.2, 0) is 9.59 Å². The molecule has 0 aliphatic rings. The number of carbonyl (C=O) groups excluding carboxylic acids is 4. The molecule has 0 saturated carbocycles. The number of phenolic OH excluding ortho intramolecular Hbond substituents is 2. The van der Waals surface area contributed by atoms with E-state index in [1.807, 2.05) is 0 Å². The van der Waals surface area contributed by atoms with E-state index in [9.17, 15) is 29.4 Å². The molecule has 182 valence electrons. The topological polar surface area (TPSA) is 167 Å². The summed E-state index contributed by atoms with van der Waals surface area (Å²) in [5, 5.41) is 20.5. The van der Waals surface area contributed by atoms with Crippen molar-refractivity contribution in [1.29, 1.82) is 0 Å². The van der Waals surface area contributed by atoms with E-state index < -0.39 is 23.6 Å². The first-order valence-corrected chi connectivity index (χ1v) is 11.0. The molecule has 0 saturated heterocycles. The molecule has 2 rings (SSSR count). The molecule has 0 unspecified atom stereocenters. The van der Waals surface area contributed by atoms with Crippen molar-refractivity contribution in [2.45, 2.75) is 51.4 Å². The Bertz CT molecular complexity index is 945. The molecule has 0 radical (unpaired) electrons. The number of nitrogens with zero attached hydrogens (tertiary/aromatic N) is 2. The summed E-state index contributed by atoms with van der Waals surface area (Å²) in [4.78, 5) is 48.7. The lowest BCUT2D eigenvalue weighted by Gasteiger charge is -2.15. The number of imide groups is 2. The lowest BCUT2D eigenvalue weighted by atomic mass is 10.1. The Labute approximate surface area is 197 Å². The number of benzene rings is 2. The van der Waals surface area contributed by atoms with Crippen molar-refractivity contribution in [1.82, 2.24) is 10.0 Å². The van der Waals surface area contributed by atoms with Crippen LogP contribution in [0, 0.1) is 0 Å². The van der Waals surface area contributed by atoms with Gasteiger partial charge in [0.15, 0.2) is 0 Å². The molecule has 0 aromatic heterocycles. The first kappa shape index (κ1) is 26.5. The van der Waals surface area contributed by atoms with Gasteiger partial charge in [-0.15, -0.1) is 0 Å². The fourth-order valence-corrected chi connectivity index (χ4v) is 3.30. The number of rotatable bonds is 11. The molecule has 0 atom stereocenters. The van der Waals surface area contributed by atoms with Gasteiger partial charge < -0.3 is 10.2 Å². The normalized spacial score (nSPS) is 10.5. The average molecular weight is 471 g/mol. The Kier molecular flexibility index (Phi) is 10.2. The van der Waals surface area contributed by atoms with Gasteiger partial charge in [-0.3, -0.25) is 19.2 Å². The summed E-state index contributed by atoms with van der Waals surface area (Å²) >= 11 is 0. The molecule has 10 heteroatoms. The number of para-hydroxylation sites is 2. The quantitative estimate of drug-likeness (QED) is 0.168. The summed E-state index contributed by atoms with van der Waals surface area (Å²) in [5.74, 6) is 8.13. The van der Waals surface area contributed by atoms with Gasteiger partial charge in [0.1, 0.15) is 11.5 Å². The van der Waals surface area contributed by atoms with E-state index >= 15 is 0 Å². The Balaban J connectivity index is 1.60. The largest absolute Gasteiger partial charge is 0.507 e. The van der Waals surface area contributed by atoms with Crippen LogP contribution in [0.2, 0.25) is 0 Å². The van der Waals surface area contributed by atoms with Crippen LogP contribution in [0.5, 0.6) is 11.5 Å². The number of aromatic hydroxyl groups is 2. The summed E-state index contributed by atoms with van der Waals surface area (Å²) in [6.07, 6.45) is 4.43. The maximum Gasteiger partial charge on any atom is 0.278 e. The van der Waals surface area contributed by atoms with Gasteiger partial charge >= 0.3 is 0 Å². The zero-order valence-electron chi connectivity index (χ0n) is 18.9. The van der Waals surface area contributed by atoms with Crippen molar-refractivity contribution >= 4 is 23.6 Å². The summed E-state index contributed by atoms with van der Waals surface area (Å²) < 4.78 is 0. The smallest absolute Gasteiger partial charge is 0.278 e. The molecule has 2 aromatic carbocycles. The van der Waals surface area contributed by atoms with Crippen LogP contribution in [-0.4, -0.2) is 43.9 Å². The first-order valence-electron chi connectivity index (χ1n) is 11.0. The highest BCUT2D eigenvalue weighted by Crippen LogP contribution is 2.19. The van der Waals surface area contributed by atoms with E-state index in [1.54, 1.807) is 24.3 Å². The molecule has 0 spiro atoms. The van der Waals surface area contributed by atoms with Crippen LogP contribution in [0.25, 0.3) is 0 Å². The highest BCUT2D eigenvalue weighted by atomic mass is 16.3. The van der Waals surface area contributed by atoms with E-state index in [0.29, 0.717) is 22.9 Å². The highest BCUT2D eigenvalue weighted by Gasteiger charge is 2.22. The predicted molar refractivity (Wildman–Crippen MR) is 124 cm³/mol. The third kappa shape index (κ3) is 7.39. The van der Waals surface area contributed by atoms with Crippen molar-refractivity contribution in [3.8, 4) is 11.5 Å².